The highest BCUT2D eigenvalue weighted by molar-refractivity contribution is 6.31. The first-order chi connectivity index (χ1) is 10.6. The summed E-state index contributed by atoms with van der Waals surface area (Å²) in [4.78, 5) is 24.8. The van der Waals surface area contributed by atoms with Gasteiger partial charge in [-0.3, -0.25) is 4.79 Å². The van der Waals surface area contributed by atoms with Crippen LogP contribution in [0.5, 0.6) is 0 Å². The number of halogens is 1. The number of amides is 2. The Morgan fingerprint density at radius 2 is 2.00 bits per heavy atom. The van der Waals surface area contributed by atoms with Crippen molar-refractivity contribution in [2.45, 2.75) is 32.7 Å². The first kappa shape index (κ1) is 18.3. The minimum absolute atomic E-state index is 0.125. The Bertz CT molecular complexity index is 494. The van der Waals surface area contributed by atoms with Gasteiger partial charge in [0, 0.05) is 31.1 Å². The first-order valence-corrected chi connectivity index (χ1v) is 7.79. The van der Waals surface area contributed by atoms with E-state index in [9.17, 15) is 9.59 Å². The lowest BCUT2D eigenvalue weighted by Crippen LogP contribution is -2.39. The number of benzene rings is 1. The van der Waals surface area contributed by atoms with E-state index >= 15 is 0 Å². The molecule has 0 unspecified atom stereocenters. The normalized spacial score (nSPS) is 10.1. The smallest absolute Gasteiger partial charge is 0.317 e. The molecule has 0 aliphatic carbocycles. The zero-order chi connectivity index (χ0) is 16.4. The maximum Gasteiger partial charge on any atom is 0.317 e. The van der Waals surface area contributed by atoms with Crippen molar-refractivity contribution in [1.29, 1.82) is 0 Å². The van der Waals surface area contributed by atoms with Gasteiger partial charge >= 0.3 is 12.0 Å². The molecule has 5 nitrogen and oxygen atoms in total. The average molecular weight is 327 g/mol. The molecule has 0 aromatic heterocycles. The zero-order valence-corrected chi connectivity index (χ0v) is 13.9. The van der Waals surface area contributed by atoms with E-state index in [2.05, 4.69) is 10.1 Å². The number of nitrogens with zero attached hydrogens (tertiary/aromatic N) is 1. The predicted octanol–water partition coefficient (Wildman–Crippen LogP) is 3.21. The number of rotatable bonds is 8. The predicted molar refractivity (Wildman–Crippen MR) is 86.8 cm³/mol. The van der Waals surface area contributed by atoms with Crippen LogP contribution in [0.15, 0.2) is 24.3 Å². The fourth-order valence-electron chi connectivity index (χ4n) is 1.96. The highest BCUT2D eigenvalue weighted by Gasteiger charge is 2.12. The van der Waals surface area contributed by atoms with Crippen molar-refractivity contribution in [3.63, 3.8) is 0 Å². The van der Waals surface area contributed by atoms with Crippen LogP contribution in [-0.2, 0) is 16.1 Å². The van der Waals surface area contributed by atoms with Gasteiger partial charge in [0.15, 0.2) is 0 Å². The number of nitrogens with one attached hydrogen (secondary N) is 1. The molecule has 0 heterocycles. The summed E-state index contributed by atoms with van der Waals surface area (Å²) in [5.41, 5.74) is 0.923. The van der Waals surface area contributed by atoms with E-state index < -0.39 is 0 Å². The summed E-state index contributed by atoms with van der Waals surface area (Å²) in [5.74, 6) is -0.222. The molecule has 1 N–H and O–H groups in total. The fourth-order valence-corrected chi connectivity index (χ4v) is 2.16. The summed E-state index contributed by atoms with van der Waals surface area (Å²) in [7, 11) is 1.37. The number of carbonyl (C=O) groups is 2. The molecule has 1 aromatic carbocycles. The largest absolute Gasteiger partial charge is 0.469 e. The number of hydrogen-bond donors (Lipinski definition) is 1. The molecule has 0 aliphatic heterocycles. The molecule has 1 rings (SSSR count). The number of unbranched alkanes of at least 4 members (excludes halogenated alkanes) is 1. The third-order valence-corrected chi connectivity index (χ3v) is 3.67. The molecule has 122 valence electrons. The summed E-state index contributed by atoms with van der Waals surface area (Å²) < 4.78 is 4.56. The quantitative estimate of drug-likeness (QED) is 0.589. The van der Waals surface area contributed by atoms with Crippen molar-refractivity contribution < 1.29 is 14.3 Å². The van der Waals surface area contributed by atoms with Crippen LogP contribution in [0, 0.1) is 0 Å². The molecule has 0 bridgehead atoms. The van der Waals surface area contributed by atoms with Crippen LogP contribution in [0.4, 0.5) is 4.79 Å². The topological polar surface area (TPSA) is 58.6 Å². The van der Waals surface area contributed by atoms with E-state index in [1.54, 1.807) is 4.90 Å². The average Bonchev–Trinajstić information content (AvgIpc) is 2.53. The Morgan fingerprint density at radius 1 is 1.27 bits per heavy atom. The van der Waals surface area contributed by atoms with Crippen LogP contribution in [0.2, 0.25) is 5.02 Å². The monoisotopic (exact) mass is 326 g/mol. The molecular weight excluding hydrogens is 304 g/mol. The van der Waals surface area contributed by atoms with E-state index in [1.165, 1.54) is 7.11 Å². The second-order valence-corrected chi connectivity index (χ2v) is 5.28. The lowest BCUT2D eigenvalue weighted by atomic mass is 10.2. The minimum Gasteiger partial charge on any atom is -0.469 e. The van der Waals surface area contributed by atoms with Gasteiger partial charge in [-0.25, -0.2) is 4.79 Å². The van der Waals surface area contributed by atoms with E-state index in [0.29, 0.717) is 37.5 Å². The SMILES string of the molecule is CCN(Cc1ccccc1Cl)C(=O)NCCCCC(=O)OC. The highest BCUT2D eigenvalue weighted by Crippen LogP contribution is 2.16. The molecule has 0 spiro atoms. The number of urea groups is 1. The number of hydrogen-bond acceptors (Lipinski definition) is 3. The molecule has 0 fully saturated rings. The fraction of sp³-hybridized carbons (Fsp3) is 0.500. The molecule has 2 amide bonds. The standard InChI is InChI=1S/C16H23ClN2O3/c1-3-19(12-13-8-4-5-9-14(13)17)16(21)18-11-7-6-10-15(20)22-2/h4-5,8-9H,3,6-7,10-12H2,1-2H3,(H,18,21). The molecular formula is C16H23ClN2O3. The van der Waals surface area contributed by atoms with Crippen LogP contribution < -0.4 is 5.32 Å². The van der Waals surface area contributed by atoms with Crippen LogP contribution in [-0.4, -0.2) is 37.1 Å². The van der Waals surface area contributed by atoms with Crippen molar-refractivity contribution in [3.8, 4) is 0 Å². The maximum absolute atomic E-state index is 12.1. The van der Waals surface area contributed by atoms with Crippen molar-refractivity contribution in [1.82, 2.24) is 10.2 Å². The molecule has 0 saturated carbocycles. The first-order valence-electron chi connectivity index (χ1n) is 7.41. The van der Waals surface area contributed by atoms with E-state index in [1.807, 2.05) is 31.2 Å². The zero-order valence-electron chi connectivity index (χ0n) is 13.1. The van der Waals surface area contributed by atoms with Crippen molar-refractivity contribution >= 4 is 23.6 Å². The Labute approximate surface area is 136 Å². The summed E-state index contributed by atoms with van der Waals surface area (Å²) in [6.45, 7) is 3.53. The van der Waals surface area contributed by atoms with Crippen molar-refractivity contribution in [2.24, 2.45) is 0 Å². The number of methoxy groups -OCH3 is 1. The second-order valence-electron chi connectivity index (χ2n) is 4.87. The van der Waals surface area contributed by atoms with Crippen LogP contribution in [0.1, 0.15) is 31.7 Å². The van der Waals surface area contributed by atoms with Gasteiger partial charge < -0.3 is 15.0 Å². The Balaban J connectivity index is 2.35. The van der Waals surface area contributed by atoms with Crippen LogP contribution in [0.25, 0.3) is 0 Å². The maximum atomic E-state index is 12.1. The van der Waals surface area contributed by atoms with E-state index in [4.69, 9.17) is 11.6 Å². The lowest BCUT2D eigenvalue weighted by Gasteiger charge is -2.22. The summed E-state index contributed by atoms with van der Waals surface area (Å²) in [5, 5.41) is 3.52. The number of carbonyl (C=O) groups excluding carboxylic acids is 2. The molecule has 0 atom stereocenters. The highest BCUT2D eigenvalue weighted by atomic mass is 35.5. The lowest BCUT2D eigenvalue weighted by molar-refractivity contribution is -0.140. The second kappa shape index (κ2) is 10.1. The van der Waals surface area contributed by atoms with Gasteiger partial charge in [0.05, 0.1) is 7.11 Å². The van der Waals surface area contributed by atoms with Gasteiger partial charge in [-0.1, -0.05) is 29.8 Å². The van der Waals surface area contributed by atoms with Gasteiger partial charge in [0.25, 0.3) is 0 Å². The summed E-state index contributed by atoms with van der Waals surface area (Å²) >= 11 is 6.12. The Morgan fingerprint density at radius 3 is 2.64 bits per heavy atom. The van der Waals surface area contributed by atoms with E-state index in [-0.39, 0.29) is 12.0 Å². The van der Waals surface area contributed by atoms with E-state index in [0.717, 1.165) is 12.0 Å². The number of esters is 1. The summed E-state index contributed by atoms with van der Waals surface area (Å²) in [6.07, 6.45) is 1.82. The Kier molecular flexibility index (Phi) is 8.36. The third kappa shape index (κ3) is 6.35. The van der Waals surface area contributed by atoms with Gasteiger partial charge in [0.1, 0.15) is 0 Å². The third-order valence-electron chi connectivity index (χ3n) is 3.30. The van der Waals surface area contributed by atoms with Crippen molar-refractivity contribution in [3.05, 3.63) is 34.9 Å². The van der Waals surface area contributed by atoms with Gasteiger partial charge in [-0.2, -0.15) is 0 Å². The van der Waals surface area contributed by atoms with Crippen LogP contribution >= 0.6 is 11.6 Å². The van der Waals surface area contributed by atoms with Gasteiger partial charge in [0.2, 0.25) is 0 Å². The molecule has 1 aromatic rings. The molecule has 0 radical (unpaired) electrons. The van der Waals surface area contributed by atoms with Gasteiger partial charge in [-0.05, 0) is 31.4 Å². The molecule has 6 heteroatoms. The van der Waals surface area contributed by atoms with Gasteiger partial charge in [-0.15, -0.1) is 0 Å². The summed E-state index contributed by atoms with van der Waals surface area (Å²) in [6, 6.07) is 7.37. The minimum atomic E-state index is -0.222. The molecule has 22 heavy (non-hydrogen) atoms. The Hall–Kier alpha value is -1.75. The molecule has 0 aliphatic rings. The van der Waals surface area contributed by atoms with Crippen molar-refractivity contribution in [2.75, 3.05) is 20.2 Å². The number of ether oxygens (including phenoxy) is 1. The molecule has 0 saturated heterocycles. The van der Waals surface area contributed by atoms with Crippen LogP contribution in [0.3, 0.4) is 0 Å².